The van der Waals surface area contributed by atoms with Gasteiger partial charge in [0.2, 0.25) is 0 Å². The minimum absolute atomic E-state index is 0.0944. The molecule has 0 aliphatic carbocycles. The van der Waals surface area contributed by atoms with E-state index in [0.717, 1.165) is 21.7 Å². The molecule has 1 N–H and O–H groups in total. The Morgan fingerprint density at radius 2 is 2.10 bits per heavy atom. The second-order valence-corrected chi connectivity index (χ2v) is 6.95. The van der Waals surface area contributed by atoms with Gasteiger partial charge >= 0.3 is 11.9 Å². The van der Waals surface area contributed by atoms with Gasteiger partial charge < -0.3 is 9.84 Å². The van der Waals surface area contributed by atoms with Gasteiger partial charge in [-0.15, -0.1) is 11.3 Å². The van der Waals surface area contributed by atoms with Crippen molar-refractivity contribution in [3.63, 3.8) is 0 Å². The van der Waals surface area contributed by atoms with Gasteiger partial charge in [-0.2, -0.15) is 4.31 Å². The van der Waals surface area contributed by atoms with Gasteiger partial charge in [0.15, 0.2) is 0 Å². The van der Waals surface area contributed by atoms with Gasteiger partial charge in [0.1, 0.15) is 10.8 Å². The number of carboxylic acid groups (broad SMARTS) is 1. The van der Waals surface area contributed by atoms with E-state index in [1.807, 2.05) is 0 Å². The number of nitrogens with zero attached hydrogens (tertiary/aromatic N) is 1. The molecule has 0 amide bonds. The van der Waals surface area contributed by atoms with Crippen LogP contribution in [0.1, 0.15) is 23.7 Å². The van der Waals surface area contributed by atoms with Crippen LogP contribution in [0, 0.1) is 0 Å². The van der Waals surface area contributed by atoms with E-state index in [-0.39, 0.29) is 16.3 Å². The third-order valence-electron chi connectivity index (χ3n) is 2.42. The van der Waals surface area contributed by atoms with Gasteiger partial charge in [-0.25, -0.2) is 13.2 Å². The van der Waals surface area contributed by atoms with Crippen molar-refractivity contribution < 1.29 is 27.9 Å². The molecule has 0 aliphatic heterocycles. The normalized spacial score (nSPS) is 11.6. The smallest absolute Gasteiger partial charge is 0.336 e. The van der Waals surface area contributed by atoms with Gasteiger partial charge in [0.05, 0.1) is 12.7 Å². The molecule has 0 saturated carbocycles. The van der Waals surface area contributed by atoms with Crippen LogP contribution in [0.15, 0.2) is 15.7 Å². The van der Waals surface area contributed by atoms with E-state index in [1.165, 1.54) is 12.5 Å². The van der Waals surface area contributed by atoms with Crippen LogP contribution in [-0.2, 0) is 19.6 Å². The summed E-state index contributed by atoms with van der Waals surface area (Å²) in [5.74, 6) is -1.87. The van der Waals surface area contributed by atoms with Crippen molar-refractivity contribution in [3.05, 3.63) is 17.0 Å². The zero-order valence-corrected chi connectivity index (χ0v) is 12.7. The van der Waals surface area contributed by atoms with Gasteiger partial charge in [0.25, 0.3) is 10.0 Å². The number of hydrogen-bond donors (Lipinski definition) is 1. The van der Waals surface area contributed by atoms with E-state index in [4.69, 9.17) is 5.11 Å². The lowest BCUT2D eigenvalue weighted by Gasteiger charge is -2.19. The Bertz CT molecular complexity index is 592. The summed E-state index contributed by atoms with van der Waals surface area (Å²) in [6.45, 7) is 1.53. The maximum atomic E-state index is 12.3. The first-order valence-corrected chi connectivity index (χ1v) is 8.03. The lowest BCUT2D eigenvalue weighted by atomic mass is 10.4. The largest absolute Gasteiger partial charge is 0.478 e. The molecule has 0 unspecified atom stereocenters. The van der Waals surface area contributed by atoms with Gasteiger partial charge in [-0.1, -0.05) is 6.92 Å². The van der Waals surface area contributed by atoms with Crippen molar-refractivity contribution in [1.82, 2.24) is 4.31 Å². The van der Waals surface area contributed by atoms with Crippen LogP contribution in [0.4, 0.5) is 0 Å². The third-order valence-corrected chi connectivity index (χ3v) is 5.68. The third kappa shape index (κ3) is 3.78. The minimum atomic E-state index is -3.89. The molecule has 112 valence electrons. The minimum Gasteiger partial charge on any atom is -0.478 e. The van der Waals surface area contributed by atoms with Crippen molar-refractivity contribution in [2.45, 2.75) is 17.6 Å². The number of methoxy groups -OCH3 is 1. The fourth-order valence-electron chi connectivity index (χ4n) is 1.43. The molecule has 0 atom stereocenters. The predicted molar refractivity (Wildman–Crippen MR) is 72.3 cm³/mol. The molecule has 0 bridgehead atoms. The fraction of sp³-hybridized carbons (Fsp3) is 0.455. The first-order chi connectivity index (χ1) is 9.32. The zero-order chi connectivity index (χ0) is 15.3. The number of ether oxygens (including phenoxy) is 1. The second kappa shape index (κ2) is 6.82. The molecule has 1 aromatic heterocycles. The molecule has 0 fully saturated rings. The second-order valence-electron chi connectivity index (χ2n) is 3.87. The maximum absolute atomic E-state index is 12.3. The highest BCUT2D eigenvalue weighted by Crippen LogP contribution is 2.24. The summed E-state index contributed by atoms with van der Waals surface area (Å²) < 4.78 is 30.0. The average Bonchev–Trinajstić information content (AvgIpc) is 2.88. The number of hydrogen-bond acceptors (Lipinski definition) is 6. The van der Waals surface area contributed by atoms with E-state index < -0.39 is 28.5 Å². The summed E-state index contributed by atoms with van der Waals surface area (Å²) in [5, 5.41) is 10.1. The van der Waals surface area contributed by atoms with Crippen molar-refractivity contribution in [2.75, 3.05) is 20.2 Å². The summed E-state index contributed by atoms with van der Waals surface area (Å²) in [7, 11) is -2.72. The number of carboxylic acids is 1. The number of rotatable bonds is 7. The highest BCUT2D eigenvalue weighted by atomic mass is 32.2. The van der Waals surface area contributed by atoms with Crippen molar-refractivity contribution >= 4 is 33.3 Å². The summed E-state index contributed by atoms with van der Waals surface area (Å²) >= 11 is 0.811. The van der Waals surface area contributed by atoms with Crippen LogP contribution in [0.5, 0.6) is 0 Å². The van der Waals surface area contributed by atoms with E-state index >= 15 is 0 Å². The predicted octanol–water partition coefficient (Wildman–Crippen LogP) is 1.02. The van der Waals surface area contributed by atoms with Crippen molar-refractivity contribution in [1.29, 1.82) is 0 Å². The highest BCUT2D eigenvalue weighted by molar-refractivity contribution is 7.91. The van der Waals surface area contributed by atoms with Gasteiger partial charge in [-0.3, -0.25) is 4.79 Å². The Kier molecular flexibility index (Phi) is 5.66. The Labute approximate surface area is 120 Å². The molecule has 1 heterocycles. The first kappa shape index (κ1) is 16.6. The number of thiophene rings is 1. The van der Waals surface area contributed by atoms with Crippen molar-refractivity contribution in [2.24, 2.45) is 0 Å². The molecule has 1 rings (SSSR count). The molecule has 9 heteroatoms. The van der Waals surface area contributed by atoms with Crippen LogP contribution in [-0.4, -0.2) is 50.0 Å². The van der Waals surface area contributed by atoms with Crippen LogP contribution < -0.4 is 0 Å². The lowest BCUT2D eigenvalue weighted by molar-refractivity contribution is -0.140. The summed E-state index contributed by atoms with van der Waals surface area (Å²) in [5.41, 5.74) is -0.0944. The molecule has 7 nitrogen and oxygen atoms in total. The van der Waals surface area contributed by atoms with Crippen LogP contribution in [0.25, 0.3) is 0 Å². The van der Waals surface area contributed by atoms with Gasteiger partial charge in [-0.05, 0) is 12.5 Å². The molecule has 0 aliphatic rings. The lowest BCUT2D eigenvalue weighted by Crippen LogP contribution is -2.36. The SMILES string of the molecule is CCCN(CC(=O)OC)S(=O)(=O)c1cc(C(=O)O)cs1. The van der Waals surface area contributed by atoms with E-state index in [2.05, 4.69) is 4.74 Å². The summed E-state index contributed by atoms with van der Waals surface area (Å²) in [6.07, 6.45) is 0.521. The maximum Gasteiger partial charge on any atom is 0.336 e. The van der Waals surface area contributed by atoms with Crippen molar-refractivity contribution in [3.8, 4) is 0 Å². The summed E-state index contributed by atoms with van der Waals surface area (Å²) in [6, 6.07) is 1.09. The Morgan fingerprint density at radius 3 is 2.55 bits per heavy atom. The standard InChI is InChI=1S/C11H15NO6S2/c1-3-4-12(6-9(13)18-2)20(16,17)10-5-8(7-19-10)11(14)15/h5,7H,3-4,6H2,1-2H3,(H,14,15). The monoisotopic (exact) mass is 321 g/mol. The molecular weight excluding hydrogens is 306 g/mol. The zero-order valence-electron chi connectivity index (χ0n) is 11.0. The molecule has 20 heavy (non-hydrogen) atoms. The summed E-state index contributed by atoms with van der Waals surface area (Å²) in [4.78, 5) is 22.1. The Hall–Kier alpha value is -1.45. The molecule has 0 spiro atoms. The van der Waals surface area contributed by atoms with Crippen LogP contribution in [0.3, 0.4) is 0 Å². The number of carbonyl (C=O) groups is 2. The van der Waals surface area contributed by atoms with E-state index in [1.54, 1.807) is 6.92 Å². The first-order valence-electron chi connectivity index (χ1n) is 5.71. The Balaban J connectivity index is 3.08. The molecule has 0 radical (unpaired) electrons. The highest BCUT2D eigenvalue weighted by Gasteiger charge is 2.28. The number of sulfonamides is 1. The quantitative estimate of drug-likeness (QED) is 0.752. The van der Waals surface area contributed by atoms with Crippen LogP contribution >= 0.6 is 11.3 Å². The topological polar surface area (TPSA) is 101 Å². The van der Waals surface area contributed by atoms with E-state index in [0.29, 0.717) is 6.42 Å². The fourth-order valence-corrected chi connectivity index (χ4v) is 4.22. The number of aromatic carboxylic acids is 1. The average molecular weight is 321 g/mol. The van der Waals surface area contributed by atoms with Gasteiger partial charge in [0, 0.05) is 11.9 Å². The molecular formula is C11H15NO6S2. The van der Waals surface area contributed by atoms with Crippen LogP contribution in [0.2, 0.25) is 0 Å². The molecule has 0 saturated heterocycles. The number of esters is 1. The number of carbonyl (C=O) groups excluding carboxylic acids is 1. The molecule has 0 aromatic carbocycles. The Morgan fingerprint density at radius 1 is 1.45 bits per heavy atom. The molecule has 1 aromatic rings. The van der Waals surface area contributed by atoms with E-state index in [9.17, 15) is 18.0 Å².